The second kappa shape index (κ2) is 8.23. The minimum Gasteiger partial charge on any atom is -0.493 e. The van der Waals surface area contributed by atoms with E-state index in [1.165, 1.54) is 0 Å². The van der Waals surface area contributed by atoms with Gasteiger partial charge in [0.1, 0.15) is 12.6 Å². The monoisotopic (exact) mass is 412 g/mol. The third-order valence-corrected chi connectivity index (χ3v) is 5.47. The fourth-order valence-corrected chi connectivity index (χ4v) is 3.93. The molecule has 2 unspecified atom stereocenters. The van der Waals surface area contributed by atoms with E-state index in [1.807, 2.05) is 12.1 Å². The molecule has 8 heteroatoms. The molecule has 4 rings (SSSR count). The first-order valence-corrected chi connectivity index (χ1v) is 9.88. The zero-order chi connectivity index (χ0) is 21.3. The zero-order valence-electron chi connectivity index (χ0n) is 16.6. The highest BCUT2D eigenvalue weighted by Gasteiger charge is 2.30. The molecule has 158 valence electrons. The Balaban J connectivity index is 1.55. The number of methoxy groups -OCH3 is 1. The molecule has 1 aliphatic heterocycles. The molecule has 1 fully saturated rings. The van der Waals surface area contributed by atoms with Crippen LogP contribution in [0.3, 0.4) is 0 Å². The molecule has 0 spiro atoms. The second-order valence-electron chi connectivity index (χ2n) is 7.55. The van der Waals surface area contributed by atoms with Crippen molar-refractivity contribution in [2.45, 2.75) is 38.0 Å². The largest absolute Gasteiger partial charge is 0.493 e. The first-order valence-electron chi connectivity index (χ1n) is 9.88. The van der Waals surface area contributed by atoms with Crippen molar-refractivity contribution in [3.8, 4) is 11.5 Å². The molecule has 1 heterocycles. The molecule has 0 aromatic heterocycles. The van der Waals surface area contributed by atoms with Crippen molar-refractivity contribution < 1.29 is 29.3 Å². The summed E-state index contributed by atoms with van der Waals surface area (Å²) in [6.45, 7) is 0.201. The van der Waals surface area contributed by atoms with E-state index in [2.05, 4.69) is 5.32 Å². The van der Waals surface area contributed by atoms with Crippen molar-refractivity contribution in [1.82, 2.24) is 0 Å². The SMILES string of the molecule is COc1ccc(N2Cc3ccc(NCC(=O)O)cc3C2=O)cc1OC1CCC(O)C1. The minimum absolute atomic E-state index is 0.0847. The summed E-state index contributed by atoms with van der Waals surface area (Å²) in [7, 11) is 1.56. The van der Waals surface area contributed by atoms with Crippen molar-refractivity contribution in [3.05, 3.63) is 47.5 Å². The van der Waals surface area contributed by atoms with Gasteiger partial charge in [0.25, 0.3) is 5.91 Å². The van der Waals surface area contributed by atoms with Crippen LogP contribution in [0.5, 0.6) is 11.5 Å². The van der Waals surface area contributed by atoms with Crippen molar-refractivity contribution in [2.24, 2.45) is 0 Å². The number of aliphatic hydroxyl groups is 1. The van der Waals surface area contributed by atoms with Crippen LogP contribution in [0.15, 0.2) is 36.4 Å². The Hall–Kier alpha value is -3.26. The van der Waals surface area contributed by atoms with Gasteiger partial charge in [0.2, 0.25) is 0 Å². The van der Waals surface area contributed by atoms with Crippen molar-refractivity contribution >= 4 is 23.3 Å². The Bertz CT molecular complexity index is 976. The lowest BCUT2D eigenvalue weighted by atomic mass is 10.1. The Labute approximate surface area is 174 Å². The number of hydrogen-bond acceptors (Lipinski definition) is 6. The highest BCUT2D eigenvalue weighted by atomic mass is 16.5. The molecule has 2 aromatic rings. The van der Waals surface area contributed by atoms with Crippen molar-refractivity contribution in [2.75, 3.05) is 23.9 Å². The lowest BCUT2D eigenvalue weighted by Crippen LogP contribution is -2.23. The van der Waals surface area contributed by atoms with Crippen molar-refractivity contribution in [3.63, 3.8) is 0 Å². The number of carboxylic acids is 1. The third-order valence-electron chi connectivity index (χ3n) is 5.47. The van der Waals surface area contributed by atoms with Crippen molar-refractivity contribution in [1.29, 1.82) is 0 Å². The van der Waals surface area contributed by atoms with E-state index in [1.54, 1.807) is 36.3 Å². The molecule has 1 aliphatic carbocycles. The lowest BCUT2D eigenvalue weighted by Gasteiger charge is -2.20. The van der Waals surface area contributed by atoms with Crippen LogP contribution in [-0.2, 0) is 11.3 Å². The molecule has 0 radical (unpaired) electrons. The van der Waals surface area contributed by atoms with E-state index in [0.717, 1.165) is 12.0 Å². The molecular formula is C22H24N2O6. The Morgan fingerprint density at radius 2 is 2.03 bits per heavy atom. The number of rotatable bonds is 7. The summed E-state index contributed by atoms with van der Waals surface area (Å²) < 4.78 is 11.5. The van der Waals surface area contributed by atoms with Gasteiger partial charge in [-0.2, -0.15) is 0 Å². The number of hydrogen-bond donors (Lipinski definition) is 3. The molecule has 2 aliphatic rings. The number of fused-ring (bicyclic) bond motifs is 1. The number of aliphatic hydroxyl groups excluding tert-OH is 1. The predicted molar refractivity (Wildman–Crippen MR) is 110 cm³/mol. The number of nitrogens with zero attached hydrogens (tertiary/aromatic N) is 1. The number of ether oxygens (including phenoxy) is 2. The molecule has 8 nitrogen and oxygen atoms in total. The molecule has 30 heavy (non-hydrogen) atoms. The van der Waals surface area contributed by atoms with Gasteiger partial charge in [0.15, 0.2) is 11.5 Å². The summed E-state index contributed by atoms with van der Waals surface area (Å²) in [6, 6.07) is 10.7. The number of nitrogens with one attached hydrogen (secondary N) is 1. The minimum atomic E-state index is -0.969. The standard InChI is InChI=1S/C22H24N2O6/c1-29-19-7-4-15(9-20(19)30-17-6-5-16(25)10-17)24-12-13-2-3-14(23-11-21(26)27)8-18(13)22(24)28/h2-4,7-9,16-17,23,25H,5-6,10-12H2,1H3,(H,26,27). The van der Waals surface area contributed by atoms with E-state index in [0.29, 0.717) is 47.8 Å². The maximum atomic E-state index is 13.0. The summed E-state index contributed by atoms with van der Waals surface area (Å²) in [6.07, 6.45) is 1.63. The van der Waals surface area contributed by atoms with Crippen LogP contribution >= 0.6 is 0 Å². The zero-order valence-corrected chi connectivity index (χ0v) is 16.6. The summed E-state index contributed by atoms with van der Waals surface area (Å²) in [4.78, 5) is 25.4. The lowest BCUT2D eigenvalue weighted by molar-refractivity contribution is -0.134. The number of benzene rings is 2. The number of carbonyl (C=O) groups excluding carboxylic acids is 1. The van der Waals surface area contributed by atoms with Gasteiger partial charge >= 0.3 is 5.97 Å². The molecule has 1 amide bonds. The first-order chi connectivity index (χ1) is 14.4. The number of aliphatic carboxylic acids is 1. The van der Waals surface area contributed by atoms with Gasteiger partial charge in [-0.25, -0.2) is 0 Å². The van der Waals surface area contributed by atoms with Gasteiger partial charge in [-0.05, 0) is 42.7 Å². The van der Waals surface area contributed by atoms with Gasteiger partial charge in [0, 0.05) is 29.4 Å². The van der Waals surface area contributed by atoms with Gasteiger partial charge in [-0.3, -0.25) is 9.59 Å². The van der Waals surface area contributed by atoms with E-state index < -0.39 is 5.97 Å². The van der Waals surface area contributed by atoms with Gasteiger partial charge < -0.3 is 29.9 Å². The summed E-state index contributed by atoms with van der Waals surface area (Å²) in [5, 5.41) is 21.4. The average molecular weight is 412 g/mol. The van der Waals surface area contributed by atoms with Crippen LogP contribution in [0.4, 0.5) is 11.4 Å². The molecule has 3 N–H and O–H groups in total. The van der Waals surface area contributed by atoms with E-state index in [9.17, 15) is 14.7 Å². The number of carbonyl (C=O) groups is 2. The summed E-state index contributed by atoms with van der Waals surface area (Å²) >= 11 is 0. The number of carboxylic acid groups (broad SMARTS) is 1. The van der Waals surface area contributed by atoms with Gasteiger partial charge in [-0.15, -0.1) is 0 Å². The third kappa shape index (κ3) is 4.04. The van der Waals surface area contributed by atoms with E-state index in [-0.39, 0.29) is 24.7 Å². The average Bonchev–Trinajstić information content (AvgIpc) is 3.29. The highest BCUT2D eigenvalue weighted by Crippen LogP contribution is 2.37. The summed E-state index contributed by atoms with van der Waals surface area (Å²) in [5.74, 6) is -0.00787. The number of amides is 1. The smallest absolute Gasteiger partial charge is 0.322 e. The van der Waals surface area contributed by atoms with Gasteiger partial charge in [0.05, 0.1) is 19.8 Å². The van der Waals surface area contributed by atoms with Crippen LogP contribution in [0.1, 0.15) is 35.2 Å². The Morgan fingerprint density at radius 1 is 1.20 bits per heavy atom. The molecule has 0 bridgehead atoms. The highest BCUT2D eigenvalue weighted by molar-refractivity contribution is 6.10. The second-order valence-corrected chi connectivity index (χ2v) is 7.55. The molecule has 2 atom stereocenters. The topological polar surface area (TPSA) is 108 Å². The molecule has 0 saturated heterocycles. The summed E-state index contributed by atoms with van der Waals surface area (Å²) in [5.41, 5.74) is 2.69. The van der Waals surface area contributed by atoms with Crippen LogP contribution in [0.2, 0.25) is 0 Å². The maximum absolute atomic E-state index is 13.0. The quantitative estimate of drug-likeness (QED) is 0.642. The predicted octanol–water partition coefficient (Wildman–Crippen LogP) is 2.64. The van der Waals surface area contributed by atoms with Crippen LogP contribution in [0, 0.1) is 0 Å². The number of anilines is 2. The molecule has 2 aromatic carbocycles. The fraction of sp³-hybridized carbons (Fsp3) is 0.364. The fourth-order valence-electron chi connectivity index (χ4n) is 3.93. The Morgan fingerprint density at radius 3 is 2.73 bits per heavy atom. The van der Waals surface area contributed by atoms with Crippen LogP contribution in [-0.4, -0.2) is 48.0 Å². The van der Waals surface area contributed by atoms with Gasteiger partial charge in [-0.1, -0.05) is 6.07 Å². The molecule has 1 saturated carbocycles. The normalized spacial score (nSPS) is 20.2. The first kappa shape index (κ1) is 20.0. The molecular weight excluding hydrogens is 388 g/mol. The van der Waals surface area contributed by atoms with E-state index >= 15 is 0 Å². The Kier molecular flexibility index (Phi) is 5.50. The van der Waals surface area contributed by atoms with Crippen LogP contribution in [0.25, 0.3) is 0 Å². The van der Waals surface area contributed by atoms with E-state index in [4.69, 9.17) is 14.6 Å². The van der Waals surface area contributed by atoms with Crippen LogP contribution < -0.4 is 19.7 Å². The maximum Gasteiger partial charge on any atom is 0.322 e.